The van der Waals surface area contributed by atoms with Crippen LogP contribution in [-0.2, 0) is 10.2 Å². The molecule has 2 nitrogen and oxygen atoms in total. The standard InChI is InChI=1S/C12H13BrO2/c1-8-4-3-5-9(6-8)11(2)7-12(11,13)10(14)15/h3-6H,7H2,1-2H3,(H,14,15)/t11-,12-/m1/s1. The fourth-order valence-electron chi connectivity index (χ4n) is 2.07. The fourth-order valence-corrected chi connectivity index (χ4v) is 2.86. The van der Waals surface area contributed by atoms with Gasteiger partial charge in [-0.2, -0.15) is 0 Å². The quantitative estimate of drug-likeness (QED) is 0.838. The van der Waals surface area contributed by atoms with Gasteiger partial charge in [-0.1, -0.05) is 52.7 Å². The van der Waals surface area contributed by atoms with Crippen LogP contribution >= 0.6 is 15.9 Å². The summed E-state index contributed by atoms with van der Waals surface area (Å²) in [6, 6.07) is 8.06. The van der Waals surface area contributed by atoms with Gasteiger partial charge in [0, 0.05) is 5.41 Å². The van der Waals surface area contributed by atoms with E-state index in [4.69, 9.17) is 5.11 Å². The van der Waals surface area contributed by atoms with E-state index in [0.717, 1.165) is 5.56 Å². The molecule has 2 rings (SSSR count). The van der Waals surface area contributed by atoms with E-state index in [2.05, 4.69) is 22.0 Å². The van der Waals surface area contributed by atoms with Crippen LogP contribution in [-0.4, -0.2) is 15.4 Å². The molecule has 15 heavy (non-hydrogen) atoms. The zero-order chi connectivity index (χ0) is 11.3. The number of halogens is 1. The third kappa shape index (κ3) is 1.41. The van der Waals surface area contributed by atoms with Crippen molar-refractivity contribution in [1.82, 2.24) is 0 Å². The first kappa shape index (κ1) is 10.7. The lowest BCUT2D eigenvalue weighted by atomic mass is 9.94. The highest BCUT2D eigenvalue weighted by Crippen LogP contribution is 2.63. The molecule has 1 aromatic carbocycles. The molecular formula is C12H13BrO2. The molecule has 3 heteroatoms. The van der Waals surface area contributed by atoms with Gasteiger partial charge in [-0.15, -0.1) is 0 Å². The van der Waals surface area contributed by atoms with Gasteiger partial charge in [0.15, 0.2) is 0 Å². The van der Waals surface area contributed by atoms with Crippen LogP contribution in [0.1, 0.15) is 24.5 Å². The van der Waals surface area contributed by atoms with E-state index < -0.39 is 10.3 Å². The van der Waals surface area contributed by atoms with Gasteiger partial charge >= 0.3 is 5.97 Å². The normalized spacial score (nSPS) is 33.8. The Labute approximate surface area is 97.4 Å². The lowest BCUT2D eigenvalue weighted by Gasteiger charge is -2.14. The second kappa shape index (κ2) is 3.08. The second-order valence-electron chi connectivity index (χ2n) is 4.48. The maximum Gasteiger partial charge on any atom is 0.321 e. The van der Waals surface area contributed by atoms with Gasteiger partial charge in [0.1, 0.15) is 4.32 Å². The van der Waals surface area contributed by atoms with Crippen molar-refractivity contribution in [3.05, 3.63) is 35.4 Å². The predicted molar refractivity (Wildman–Crippen MR) is 62.4 cm³/mol. The van der Waals surface area contributed by atoms with Gasteiger partial charge < -0.3 is 5.11 Å². The number of alkyl halides is 1. The van der Waals surface area contributed by atoms with Crippen LogP contribution in [0.4, 0.5) is 0 Å². The van der Waals surface area contributed by atoms with Gasteiger partial charge in [-0.05, 0) is 18.9 Å². The fraction of sp³-hybridized carbons (Fsp3) is 0.417. The van der Waals surface area contributed by atoms with E-state index in [-0.39, 0.29) is 5.41 Å². The third-order valence-electron chi connectivity index (χ3n) is 3.34. The maximum atomic E-state index is 11.1. The average Bonchev–Trinajstić information content (AvgIpc) is 2.73. The van der Waals surface area contributed by atoms with Crippen molar-refractivity contribution in [3.63, 3.8) is 0 Å². The van der Waals surface area contributed by atoms with Crippen molar-refractivity contribution < 1.29 is 9.90 Å². The molecule has 1 aromatic rings. The maximum absolute atomic E-state index is 11.1. The SMILES string of the molecule is Cc1cccc([C@@]2(C)C[C@@]2(Br)C(=O)O)c1. The van der Waals surface area contributed by atoms with Crippen molar-refractivity contribution in [2.75, 3.05) is 0 Å². The monoisotopic (exact) mass is 268 g/mol. The van der Waals surface area contributed by atoms with E-state index in [0.29, 0.717) is 6.42 Å². The van der Waals surface area contributed by atoms with Crippen LogP contribution in [0.15, 0.2) is 24.3 Å². The van der Waals surface area contributed by atoms with Crippen LogP contribution in [0.25, 0.3) is 0 Å². The number of hydrogen-bond donors (Lipinski definition) is 1. The zero-order valence-corrected chi connectivity index (χ0v) is 10.3. The van der Waals surface area contributed by atoms with E-state index in [1.54, 1.807) is 0 Å². The first-order valence-corrected chi connectivity index (χ1v) is 5.69. The molecule has 2 atom stereocenters. The minimum absolute atomic E-state index is 0.273. The second-order valence-corrected chi connectivity index (χ2v) is 5.84. The summed E-state index contributed by atoms with van der Waals surface area (Å²) in [5.74, 6) is -0.772. The van der Waals surface area contributed by atoms with Gasteiger partial charge in [0.2, 0.25) is 0 Å². The molecule has 0 radical (unpaired) electrons. The van der Waals surface area contributed by atoms with Crippen LogP contribution < -0.4 is 0 Å². The van der Waals surface area contributed by atoms with Gasteiger partial charge in [0.25, 0.3) is 0 Å². The Bertz CT molecular complexity index is 429. The number of carbonyl (C=O) groups is 1. The molecule has 1 fully saturated rings. The third-order valence-corrected chi connectivity index (χ3v) is 4.84. The molecule has 1 saturated carbocycles. The van der Waals surface area contributed by atoms with E-state index in [1.807, 2.05) is 32.0 Å². The average molecular weight is 269 g/mol. The van der Waals surface area contributed by atoms with E-state index in [9.17, 15) is 4.79 Å². The Hall–Kier alpha value is -0.830. The molecule has 0 bridgehead atoms. The minimum Gasteiger partial charge on any atom is -0.480 e. The Morgan fingerprint density at radius 2 is 2.20 bits per heavy atom. The summed E-state index contributed by atoms with van der Waals surface area (Å²) in [6.07, 6.45) is 0.652. The Morgan fingerprint density at radius 3 is 2.67 bits per heavy atom. The van der Waals surface area contributed by atoms with Crippen LogP contribution in [0.2, 0.25) is 0 Å². The molecule has 0 aromatic heterocycles. The van der Waals surface area contributed by atoms with Crippen molar-refractivity contribution in [3.8, 4) is 0 Å². The topological polar surface area (TPSA) is 37.3 Å². The molecule has 0 spiro atoms. The van der Waals surface area contributed by atoms with Crippen LogP contribution in [0.3, 0.4) is 0 Å². The molecule has 80 valence electrons. The van der Waals surface area contributed by atoms with Crippen molar-refractivity contribution in [1.29, 1.82) is 0 Å². The summed E-state index contributed by atoms with van der Waals surface area (Å²) in [5.41, 5.74) is 1.99. The first-order valence-electron chi connectivity index (χ1n) is 4.90. The summed E-state index contributed by atoms with van der Waals surface area (Å²) in [4.78, 5) is 11.1. The summed E-state index contributed by atoms with van der Waals surface area (Å²) in [6.45, 7) is 4.01. The summed E-state index contributed by atoms with van der Waals surface area (Å²) < 4.78 is -0.770. The predicted octanol–water partition coefficient (Wildman–Crippen LogP) is 2.87. The molecule has 0 saturated heterocycles. The molecule has 0 amide bonds. The number of carboxylic acid groups (broad SMARTS) is 1. The van der Waals surface area contributed by atoms with E-state index >= 15 is 0 Å². The van der Waals surface area contributed by atoms with Gasteiger partial charge in [0.05, 0.1) is 0 Å². The summed E-state index contributed by atoms with van der Waals surface area (Å²) in [5, 5.41) is 9.13. The highest BCUT2D eigenvalue weighted by Gasteiger charge is 2.69. The van der Waals surface area contributed by atoms with Crippen LogP contribution in [0.5, 0.6) is 0 Å². The molecule has 1 N–H and O–H groups in total. The number of rotatable bonds is 2. The smallest absolute Gasteiger partial charge is 0.321 e. The summed E-state index contributed by atoms with van der Waals surface area (Å²) >= 11 is 3.34. The molecular weight excluding hydrogens is 256 g/mol. The Morgan fingerprint density at radius 1 is 1.53 bits per heavy atom. The van der Waals surface area contributed by atoms with Gasteiger partial charge in [-0.25, -0.2) is 0 Å². The summed E-state index contributed by atoms with van der Waals surface area (Å²) in [7, 11) is 0. The largest absolute Gasteiger partial charge is 0.480 e. The number of aliphatic carboxylic acids is 1. The Balaban J connectivity index is 2.39. The zero-order valence-electron chi connectivity index (χ0n) is 8.75. The number of hydrogen-bond acceptors (Lipinski definition) is 1. The lowest BCUT2D eigenvalue weighted by molar-refractivity contribution is -0.137. The number of benzene rings is 1. The highest BCUT2D eigenvalue weighted by atomic mass is 79.9. The van der Waals surface area contributed by atoms with Crippen molar-refractivity contribution >= 4 is 21.9 Å². The molecule has 1 aliphatic rings. The van der Waals surface area contributed by atoms with E-state index in [1.165, 1.54) is 5.56 Å². The lowest BCUT2D eigenvalue weighted by Crippen LogP contribution is -2.24. The highest BCUT2D eigenvalue weighted by molar-refractivity contribution is 9.10. The van der Waals surface area contributed by atoms with Crippen LogP contribution in [0, 0.1) is 6.92 Å². The molecule has 0 heterocycles. The molecule has 0 unspecified atom stereocenters. The minimum atomic E-state index is -0.772. The first-order chi connectivity index (χ1) is 6.90. The Kier molecular flexibility index (Phi) is 2.19. The number of aryl methyl sites for hydroxylation is 1. The number of carboxylic acids is 1. The van der Waals surface area contributed by atoms with Crippen molar-refractivity contribution in [2.24, 2.45) is 0 Å². The molecule has 1 aliphatic carbocycles. The van der Waals surface area contributed by atoms with Gasteiger partial charge in [-0.3, -0.25) is 4.79 Å². The molecule has 0 aliphatic heterocycles. The van der Waals surface area contributed by atoms with Crippen molar-refractivity contribution in [2.45, 2.75) is 30.0 Å².